The van der Waals surface area contributed by atoms with Crippen LogP contribution in [0.5, 0.6) is 0 Å². The third kappa shape index (κ3) is 3.02. The molecule has 0 spiro atoms. The molecule has 0 aliphatic carbocycles. The van der Waals surface area contributed by atoms with Crippen molar-refractivity contribution in [1.29, 1.82) is 0 Å². The fourth-order valence-corrected chi connectivity index (χ4v) is 2.97. The van der Waals surface area contributed by atoms with Crippen LogP contribution in [0.15, 0.2) is 48.5 Å². The van der Waals surface area contributed by atoms with Crippen molar-refractivity contribution in [3.8, 4) is 0 Å². The van der Waals surface area contributed by atoms with Gasteiger partial charge in [-0.25, -0.2) is 4.98 Å². The molecule has 3 heteroatoms. The van der Waals surface area contributed by atoms with E-state index < -0.39 is 6.10 Å². The number of aryl methyl sites for hydroxylation is 1. The zero-order valence-electron chi connectivity index (χ0n) is 14.0. The highest BCUT2D eigenvalue weighted by atomic mass is 16.3. The van der Waals surface area contributed by atoms with Crippen LogP contribution in [0.2, 0.25) is 0 Å². The Hall–Kier alpha value is -2.13. The molecular weight excluding hydrogens is 284 g/mol. The molecule has 0 bridgehead atoms. The standard InChI is InChI=1S/C20H24N2O/c1-4-13-22-18-8-6-5-7-17(18)21-20(22)19(23)16-11-9-15(10-12-16)14(2)3/h5-12,14,19,23H,4,13H2,1-3H3/t19-/m1/s1. The fraction of sp³-hybridized carbons (Fsp3) is 0.350. The highest BCUT2D eigenvalue weighted by Crippen LogP contribution is 2.27. The monoisotopic (exact) mass is 308 g/mol. The number of rotatable bonds is 5. The van der Waals surface area contributed by atoms with Crippen molar-refractivity contribution in [3.05, 3.63) is 65.5 Å². The van der Waals surface area contributed by atoms with Crippen LogP contribution in [0, 0.1) is 0 Å². The summed E-state index contributed by atoms with van der Waals surface area (Å²) in [6.45, 7) is 7.34. The second-order valence-corrected chi connectivity index (χ2v) is 6.33. The second kappa shape index (κ2) is 6.55. The third-order valence-corrected chi connectivity index (χ3v) is 4.29. The Labute approximate surface area is 137 Å². The van der Waals surface area contributed by atoms with Gasteiger partial charge in [0, 0.05) is 6.54 Å². The van der Waals surface area contributed by atoms with Crippen molar-refractivity contribution in [1.82, 2.24) is 9.55 Å². The fourth-order valence-electron chi connectivity index (χ4n) is 2.97. The van der Waals surface area contributed by atoms with Gasteiger partial charge in [-0.15, -0.1) is 0 Å². The van der Waals surface area contributed by atoms with Crippen LogP contribution in [0.1, 0.15) is 56.2 Å². The average Bonchev–Trinajstić information content (AvgIpc) is 2.93. The number of hydrogen-bond acceptors (Lipinski definition) is 2. The summed E-state index contributed by atoms with van der Waals surface area (Å²) in [6, 6.07) is 16.3. The molecule has 0 unspecified atom stereocenters. The van der Waals surface area contributed by atoms with Crippen LogP contribution in [0.25, 0.3) is 11.0 Å². The zero-order chi connectivity index (χ0) is 16.4. The maximum absolute atomic E-state index is 10.8. The molecule has 2 aromatic carbocycles. The quantitative estimate of drug-likeness (QED) is 0.745. The summed E-state index contributed by atoms with van der Waals surface area (Å²) in [7, 11) is 0. The van der Waals surface area contributed by atoms with E-state index in [1.54, 1.807) is 0 Å². The smallest absolute Gasteiger partial charge is 0.143 e. The Morgan fingerprint density at radius 1 is 1.00 bits per heavy atom. The van der Waals surface area contributed by atoms with Crippen LogP contribution in [0.3, 0.4) is 0 Å². The molecule has 3 aromatic rings. The van der Waals surface area contributed by atoms with Crippen LogP contribution in [-0.4, -0.2) is 14.7 Å². The lowest BCUT2D eigenvalue weighted by molar-refractivity contribution is 0.205. The van der Waals surface area contributed by atoms with Gasteiger partial charge < -0.3 is 9.67 Å². The molecule has 0 amide bonds. The molecule has 0 aliphatic rings. The third-order valence-electron chi connectivity index (χ3n) is 4.29. The van der Waals surface area contributed by atoms with Gasteiger partial charge in [0.2, 0.25) is 0 Å². The molecule has 0 radical (unpaired) electrons. The Kier molecular flexibility index (Phi) is 4.49. The molecule has 3 rings (SSSR count). The predicted octanol–water partition coefficient (Wildman–Crippen LogP) is 4.65. The largest absolute Gasteiger partial charge is 0.380 e. The summed E-state index contributed by atoms with van der Waals surface area (Å²) < 4.78 is 2.14. The molecule has 3 nitrogen and oxygen atoms in total. The number of aliphatic hydroxyl groups is 1. The maximum Gasteiger partial charge on any atom is 0.143 e. The molecule has 1 N–H and O–H groups in total. The van der Waals surface area contributed by atoms with E-state index in [0.29, 0.717) is 5.92 Å². The van der Waals surface area contributed by atoms with Crippen molar-refractivity contribution in [3.63, 3.8) is 0 Å². The van der Waals surface area contributed by atoms with Gasteiger partial charge in [0.25, 0.3) is 0 Å². The number of aromatic nitrogens is 2. The van der Waals surface area contributed by atoms with Gasteiger partial charge >= 0.3 is 0 Å². The Morgan fingerprint density at radius 2 is 1.65 bits per heavy atom. The number of benzene rings is 2. The van der Waals surface area contributed by atoms with Gasteiger partial charge in [-0.1, -0.05) is 57.2 Å². The highest BCUT2D eigenvalue weighted by Gasteiger charge is 2.19. The number of aliphatic hydroxyl groups excluding tert-OH is 1. The molecule has 0 fully saturated rings. The van der Waals surface area contributed by atoms with Gasteiger partial charge in [-0.05, 0) is 35.6 Å². The first-order valence-corrected chi connectivity index (χ1v) is 8.35. The number of nitrogens with zero attached hydrogens (tertiary/aromatic N) is 2. The van der Waals surface area contributed by atoms with E-state index in [1.807, 2.05) is 30.3 Å². The van der Waals surface area contributed by atoms with Crippen molar-refractivity contribution in [2.45, 2.75) is 45.8 Å². The summed E-state index contributed by atoms with van der Waals surface area (Å²) in [5, 5.41) is 10.8. The van der Waals surface area contributed by atoms with E-state index in [4.69, 9.17) is 0 Å². The predicted molar refractivity (Wildman–Crippen MR) is 94.6 cm³/mol. The lowest BCUT2D eigenvalue weighted by Gasteiger charge is -2.15. The van der Waals surface area contributed by atoms with Gasteiger partial charge in [0.05, 0.1) is 11.0 Å². The molecular formula is C20H24N2O. The summed E-state index contributed by atoms with van der Waals surface area (Å²) in [5.74, 6) is 1.22. The van der Waals surface area contributed by atoms with Gasteiger partial charge in [-0.2, -0.15) is 0 Å². The minimum atomic E-state index is -0.699. The first-order chi connectivity index (χ1) is 11.1. The van der Waals surface area contributed by atoms with E-state index in [2.05, 4.69) is 48.5 Å². The lowest BCUT2D eigenvalue weighted by Crippen LogP contribution is -2.10. The molecule has 0 saturated carbocycles. The van der Waals surface area contributed by atoms with E-state index in [1.165, 1.54) is 5.56 Å². The van der Waals surface area contributed by atoms with Crippen molar-refractivity contribution >= 4 is 11.0 Å². The van der Waals surface area contributed by atoms with E-state index in [9.17, 15) is 5.11 Å². The van der Waals surface area contributed by atoms with Crippen molar-refractivity contribution < 1.29 is 5.11 Å². The number of fused-ring (bicyclic) bond motifs is 1. The summed E-state index contributed by atoms with van der Waals surface area (Å²) in [6.07, 6.45) is 0.307. The van der Waals surface area contributed by atoms with Crippen LogP contribution in [-0.2, 0) is 6.54 Å². The lowest BCUT2D eigenvalue weighted by atomic mass is 10.00. The number of imidazole rings is 1. The van der Waals surface area contributed by atoms with Gasteiger partial charge in [-0.3, -0.25) is 0 Å². The van der Waals surface area contributed by atoms with E-state index >= 15 is 0 Å². The van der Waals surface area contributed by atoms with Crippen molar-refractivity contribution in [2.75, 3.05) is 0 Å². The van der Waals surface area contributed by atoms with Crippen LogP contribution >= 0.6 is 0 Å². The second-order valence-electron chi connectivity index (χ2n) is 6.33. The average molecular weight is 308 g/mol. The van der Waals surface area contributed by atoms with Crippen LogP contribution in [0.4, 0.5) is 0 Å². The number of hydrogen-bond donors (Lipinski definition) is 1. The zero-order valence-corrected chi connectivity index (χ0v) is 14.0. The maximum atomic E-state index is 10.8. The first-order valence-electron chi connectivity index (χ1n) is 8.35. The molecule has 120 valence electrons. The van der Waals surface area contributed by atoms with Crippen LogP contribution < -0.4 is 0 Å². The molecule has 23 heavy (non-hydrogen) atoms. The minimum absolute atomic E-state index is 0.492. The Bertz CT molecular complexity index is 787. The Morgan fingerprint density at radius 3 is 2.30 bits per heavy atom. The first kappa shape index (κ1) is 15.8. The molecule has 1 atom stereocenters. The number of para-hydroxylation sites is 2. The van der Waals surface area contributed by atoms with Gasteiger partial charge in [0.15, 0.2) is 0 Å². The minimum Gasteiger partial charge on any atom is -0.380 e. The Balaban J connectivity index is 2.02. The highest BCUT2D eigenvalue weighted by molar-refractivity contribution is 5.76. The topological polar surface area (TPSA) is 38.0 Å². The molecule has 1 aromatic heterocycles. The summed E-state index contributed by atoms with van der Waals surface area (Å²) in [5.41, 5.74) is 4.20. The molecule has 0 aliphatic heterocycles. The molecule has 0 saturated heterocycles. The SMILES string of the molecule is CCCn1c([C@H](O)c2ccc(C(C)C)cc2)nc2ccccc21. The summed E-state index contributed by atoms with van der Waals surface area (Å²) >= 11 is 0. The summed E-state index contributed by atoms with van der Waals surface area (Å²) in [4.78, 5) is 4.68. The van der Waals surface area contributed by atoms with E-state index in [-0.39, 0.29) is 0 Å². The van der Waals surface area contributed by atoms with E-state index in [0.717, 1.165) is 35.4 Å². The normalized spacial score (nSPS) is 12.9. The van der Waals surface area contributed by atoms with Gasteiger partial charge in [0.1, 0.15) is 11.9 Å². The molecule has 1 heterocycles. The van der Waals surface area contributed by atoms with Crippen molar-refractivity contribution in [2.24, 2.45) is 0 Å².